The number of aliphatic hydroxyl groups is 1. The summed E-state index contributed by atoms with van der Waals surface area (Å²) in [7, 11) is 0. The zero-order valence-electron chi connectivity index (χ0n) is 11.7. The molecular formula is C15H16N2O5. The molecule has 0 fully saturated rings. The third-order valence-corrected chi connectivity index (χ3v) is 3.26. The minimum atomic E-state index is -0.662. The van der Waals surface area contributed by atoms with E-state index in [4.69, 9.17) is 13.9 Å². The smallest absolute Gasteiger partial charge is 0.319 e. The van der Waals surface area contributed by atoms with Gasteiger partial charge in [-0.15, -0.1) is 0 Å². The summed E-state index contributed by atoms with van der Waals surface area (Å²) in [5, 5.41) is 15.2. The molecule has 2 heterocycles. The molecule has 7 nitrogen and oxygen atoms in total. The van der Waals surface area contributed by atoms with Crippen LogP contribution in [0, 0.1) is 0 Å². The molecule has 2 amide bonds. The van der Waals surface area contributed by atoms with Crippen LogP contribution in [0.25, 0.3) is 0 Å². The highest BCUT2D eigenvalue weighted by molar-refractivity contribution is 5.89. The Hall–Kier alpha value is -2.67. The van der Waals surface area contributed by atoms with Crippen LogP contribution in [0.5, 0.6) is 11.5 Å². The van der Waals surface area contributed by atoms with Crippen LogP contribution in [-0.4, -0.2) is 24.5 Å². The molecule has 0 aliphatic carbocycles. The lowest BCUT2D eigenvalue weighted by molar-refractivity contribution is 0.166. The van der Waals surface area contributed by atoms with Gasteiger partial charge in [0.2, 0.25) is 6.79 Å². The number of fused-ring (bicyclic) bond motifs is 1. The van der Waals surface area contributed by atoms with Gasteiger partial charge in [0.25, 0.3) is 0 Å². The van der Waals surface area contributed by atoms with E-state index in [1.54, 1.807) is 24.3 Å². The molecule has 3 rings (SSSR count). The van der Waals surface area contributed by atoms with Crippen molar-refractivity contribution in [3.8, 4) is 11.5 Å². The summed E-state index contributed by atoms with van der Waals surface area (Å²) >= 11 is 0. The lowest BCUT2D eigenvalue weighted by Crippen LogP contribution is -2.30. The predicted molar refractivity (Wildman–Crippen MR) is 77.9 cm³/mol. The molecule has 1 aliphatic rings. The highest BCUT2D eigenvalue weighted by atomic mass is 16.7. The van der Waals surface area contributed by atoms with E-state index in [1.165, 1.54) is 12.5 Å². The van der Waals surface area contributed by atoms with E-state index in [0.29, 0.717) is 35.7 Å². The van der Waals surface area contributed by atoms with Gasteiger partial charge in [0.15, 0.2) is 11.5 Å². The van der Waals surface area contributed by atoms with Crippen LogP contribution < -0.4 is 20.1 Å². The van der Waals surface area contributed by atoms with Crippen molar-refractivity contribution in [3.63, 3.8) is 0 Å². The van der Waals surface area contributed by atoms with Crippen molar-refractivity contribution in [2.45, 2.75) is 12.5 Å². The van der Waals surface area contributed by atoms with Gasteiger partial charge in [-0.05, 0) is 24.6 Å². The Morgan fingerprint density at radius 2 is 2.14 bits per heavy atom. The van der Waals surface area contributed by atoms with Gasteiger partial charge in [-0.3, -0.25) is 0 Å². The van der Waals surface area contributed by atoms with Crippen molar-refractivity contribution >= 4 is 11.7 Å². The van der Waals surface area contributed by atoms with E-state index in [0.717, 1.165) is 0 Å². The van der Waals surface area contributed by atoms with Crippen LogP contribution in [0.15, 0.2) is 41.2 Å². The first kappa shape index (κ1) is 14.3. The Morgan fingerprint density at radius 3 is 2.95 bits per heavy atom. The number of amides is 2. The molecule has 116 valence electrons. The normalized spacial score (nSPS) is 13.7. The third-order valence-electron chi connectivity index (χ3n) is 3.26. The monoisotopic (exact) mass is 304 g/mol. The molecule has 3 N–H and O–H groups in total. The minimum Gasteiger partial charge on any atom is -0.472 e. The summed E-state index contributed by atoms with van der Waals surface area (Å²) in [6.07, 6.45) is 2.72. The number of rotatable bonds is 5. The number of benzene rings is 1. The van der Waals surface area contributed by atoms with Crippen molar-refractivity contribution in [1.82, 2.24) is 5.32 Å². The quantitative estimate of drug-likeness (QED) is 0.788. The number of anilines is 1. The van der Waals surface area contributed by atoms with Crippen LogP contribution in [0.4, 0.5) is 10.5 Å². The number of hydrogen-bond acceptors (Lipinski definition) is 5. The molecule has 0 saturated heterocycles. The molecule has 22 heavy (non-hydrogen) atoms. The SMILES string of the molecule is O=C(NCCC(O)c1ccoc1)Nc1ccc2c(c1)OCO2. The molecule has 1 aromatic carbocycles. The van der Waals surface area contributed by atoms with E-state index in [1.807, 2.05) is 0 Å². The second kappa shape index (κ2) is 6.40. The van der Waals surface area contributed by atoms with Crippen molar-refractivity contribution in [1.29, 1.82) is 0 Å². The second-order valence-electron chi connectivity index (χ2n) is 4.81. The molecule has 1 atom stereocenters. The van der Waals surface area contributed by atoms with Gasteiger partial charge in [-0.2, -0.15) is 0 Å². The number of aliphatic hydroxyl groups excluding tert-OH is 1. The number of carbonyl (C=O) groups excluding carboxylic acids is 1. The van der Waals surface area contributed by atoms with E-state index in [9.17, 15) is 9.90 Å². The molecule has 7 heteroatoms. The van der Waals surface area contributed by atoms with Crippen LogP contribution in [-0.2, 0) is 0 Å². The van der Waals surface area contributed by atoms with Crippen LogP contribution in [0.1, 0.15) is 18.1 Å². The summed E-state index contributed by atoms with van der Waals surface area (Å²) in [6, 6.07) is 6.51. The Bertz CT molecular complexity index is 641. The summed E-state index contributed by atoms with van der Waals surface area (Å²) in [5.41, 5.74) is 1.30. The number of ether oxygens (including phenoxy) is 2. The summed E-state index contributed by atoms with van der Waals surface area (Å²) in [4.78, 5) is 11.8. The van der Waals surface area contributed by atoms with E-state index < -0.39 is 6.10 Å². The molecule has 0 bridgehead atoms. The maximum atomic E-state index is 11.8. The fraction of sp³-hybridized carbons (Fsp3) is 0.267. The maximum absolute atomic E-state index is 11.8. The number of nitrogens with one attached hydrogen (secondary N) is 2. The summed E-state index contributed by atoms with van der Waals surface area (Å²) < 4.78 is 15.3. The Balaban J connectivity index is 1.44. The van der Waals surface area contributed by atoms with Crippen molar-refractivity contribution < 1.29 is 23.8 Å². The third kappa shape index (κ3) is 3.32. The Kier molecular flexibility index (Phi) is 4.15. The standard InChI is InChI=1S/C15H16N2O5/c18-12(10-4-6-20-8-10)3-5-16-15(19)17-11-1-2-13-14(7-11)22-9-21-13/h1-2,4,6-8,12,18H,3,5,9H2,(H2,16,17,19). The fourth-order valence-electron chi connectivity index (χ4n) is 2.10. The minimum absolute atomic E-state index is 0.191. The molecule has 1 aliphatic heterocycles. The van der Waals surface area contributed by atoms with Gasteiger partial charge >= 0.3 is 6.03 Å². The van der Waals surface area contributed by atoms with Crippen LogP contribution >= 0.6 is 0 Å². The average Bonchev–Trinajstić information content (AvgIpc) is 3.18. The van der Waals surface area contributed by atoms with Crippen molar-refractivity contribution in [2.24, 2.45) is 0 Å². The van der Waals surface area contributed by atoms with Crippen LogP contribution in [0.3, 0.4) is 0 Å². The van der Waals surface area contributed by atoms with Gasteiger partial charge in [-0.25, -0.2) is 4.79 Å². The molecule has 0 radical (unpaired) electrons. The maximum Gasteiger partial charge on any atom is 0.319 e. The highest BCUT2D eigenvalue weighted by Gasteiger charge is 2.14. The second-order valence-corrected chi connectivity index (χ2v) is 4.81. The zero-order chi connectivity index (χ0) is 15.4. The zero-order valence-corrected chi connectivity index (χ0v) is 11.7. The first-order valence-electron chi connectivity index (χ1n) is 6.87. The lowest BCUT2D eigenvalue weighted by atomic mass is 10.1. The van der Waals surface area contributed by atoms with E-state index in [-0.39, 0.29) is 12.8 Å². The largest absolute Gasteiger partial charge is 0.472 e. The predicted octanol–water partition coefficient (Wildman–Crippen LogP) is 2.25. The molecule has 1 unspecified atom stereocenters. The fourth-order valence-corrected chi connectivity index (χ4v) is 2.10. The topological polar surface area (TPSA) is 93.0 Å². The Morgan fingerprint density at radius 1 is 1.27 bits per heavy atom. The van der Waals surface area contributed by atoms with Gasteiger partial charge in [0.1, 0.15) is 0 Å². The van der Waals surface area contributed by atoms with Gasteiger partial charge < -0.3 is 29.6 Å². The molecule has 1 aromatic heterocycles. The number of carbonyl (C=O) groups is 1. The van der Waals surface area contributed by atoms with Crippen molar-refractivity contribution in [3.05, 3.63) is 42.4 Å². The van der Waals surface area contributed by atoms with Crippen LogP contribution in [0.2, 0.25) is 0 Å². The number of urea groups is 1. The van der Waals surface area contributed by atoms with Gasteiger partial charge in [0.05, 0.1) is 18.6 Å². The van der Waals surface area contributed by atoms with E-state index in [2.05, 4.69) is 10.6 Å². The Labute approximate surface area is 126 Å². The lowest BCUT2D eigenvalue weighted by Gasteiger charge is -2.10. The molecular weight excluding hydrogens is 288 g/mol. The molecule has 2 aromatic rings. The first-order chi connectivity index (χ1) is 10.7. The van der Waals surface area contributed by atoms with Crippen molar-refractivity contribution in [2.75, 3.05) is 18.7 Å². The van der Waals surface area contributed by atoms with Gasteiger partial charge in [0, 0.05) is 23.9 Å². The molecule has 0 spiro atoms. The highest BCUT2D eigenvalue weighted by Crippen LogP contribution is 2.34. The molecule has 0 saturated carbocycles. The van der Waals surface area contributed by atoms with Gasteiger partial charge in [-0.1, -0.05) is 0 Å². The average molecular weight is 304 g/mol. The number of furan rings is 1. The summed E-state index contributed by atoms with van der Waals surface area (Å²) in [6.45, 7) is 0.527. The number of hydrogen-bond donors (Lipinski definition) is 3. The first-order valence-corrected chi connectivity index (χ1v) is 6.87. The van der Waals surface area contributed by atoms with E-state index >= 15 is 0 Å². The summed E-state index contributed by atoms with van der Waals surface area (Å²) in [5.74, 6) is 1.27.